The van der Waals surface area contributed by atoms with Gasteiger partial charge < -0.3 is 9.88 Å². The van der Waals surface area contributed by atoms with E-state index >= 15 is 0 Å². The van der Waals surface area contributed by atoms with Gasteiger partial charge in [0.05, 0.1) is 11.3 Å². The van der Waals surface area contributed by atoms with Crippen LogP contribution in [0.5, 0.6) is 0 Å². The van der Waals surface area contributed by atoms with E-state index in [-0.39, 0.29) is 20.9 Å². The Morgan fingerprint density at radius 2 is 2.12 bits per heavy atom. The molecule has 0 saturated heterocycles. The average molecular weight is 392 g/mol. The molecule has 136 valence electrons. The van der Waals surface area contributed by atoms with E-state index in [2.05, 4.69) is 10.3 Å². The first kappa shape index (κ1) is 18.1. The number of nitrogens with zero attached hydrogens (tertiary/aromatic N) is 3. The first-order valence-corrected chi connectivity index (χ1v) is 10.3. The lowest BCUT2D eigenvalue weighted by atomic mass is 10.1. The molecule has 0 radical (unpaired) electrons. The largest absolute Gasteiger partial charge is 0.365 e. The molecule has 1 aromatic carbocycles. The minimum absolute atomic E-state index is 0.0360. The molecule has 2 aromatic heterocycles. The van der Waals surface area contributed by atoms with Crippen molar-refractivity contribution in [3.63, 3.8) is 0 Å². The predicted molar refractivity (Wildman–Crippen MR) is 99.7 cm³/mol. The minimum Gasteiger partial charge on any atom is -0.365 e. The number of nitro groups is 1. The van der Waals surface area contributed by atoms with Crippen molar-refractivity contribution in [2.75, 3.05) is 11.6 Å². The molecule has 3 rings (SSSR count). The Balaban J connectivity index is 1.91. The molecular weight excluding hydrogens is 376 g/mol. The van der Waals surface area contributed by atoms with E-state index in [1.165, 1.54) is 0 Å². The number of rotatable bonds is 6. The van der Waals surface area contributed by atoms with Crippen LogP contribution in [0.15, 0.2) is 53.3 Å². The zero-order chi connectivity index (χ0) is 18.9. The molecule has 10 heteroatoms. The number of thiophene rings is 1. The molecule has 1 atom stereocenters. The Kier molecular flexibility index (Phi) is 4.79. The highest BCUT2D eigenvalue weighted by Gasteiger charge is 2.25. The first-order chi connectivity index (χ1) is 12.3. The highest BCUT2D eigenvalue weighted by molar-refractivity contribution is 7.92. The van der Waals surface area contributed by atoms with E-state index in [0.717, 1.165) is 34.9 Å². The molecule has 1 unspecified atom stereocenters. The zero-order valence-corrected chi connectivity index (χ0v) is 15.6. The molecule has 0 spiro atoms. The van der Waals surface area contributed by atoms with E-state index in [4.69, 9.17) is 0 Å². The van der Waals surface area contributed by atoms with Gasteiger partial charge in [-0.15, -0.1) is 0 Å². The molecule has 0 bridgehead atoms. The molecule has 0 fully saturated rings. The first-order valence-electron chi connectivity index (χ1n) is 7.59. The monoisotopic (exact) mass is 392 g/mol. The van der Waals surface area contributed by atoms with Crippen LogP contribution in [0.2, 0.25) is 0 Å². The number of anilines is 1. The van der Waals surface area contributed by atoms with Gasteiger partial charge in [0.2, 0.25) is 0 Å². The fourth-order valence-electron chi connectivity index (χ4n) is 2.43. The molecule has 0 amide bonds. The smallest absolute Gasteiger partial charge is 0.304 e. The normalized spacial score (nSPS) is 12.7. The Morgan fingerprint density at radius 1 is 1.35 bits per heavy atom. The molecule has 0 aliphatic carbocycles. The van der Waals surface area contributed by atoms with Crippen LogP contribution in [0.4, 0.5) is 10.7 Å². The lowest BCUT2D eigenvalue weighted by Gasteiger charge is -2.15. The summed E-state index contributed by atoms with van der Waals surface area (Å²) in [4.78, 5) is 14.7. The molecule has 2 heterocycles. The quantitative estimate of drug-likeness (QED) is 0.509. The van der Waals surface area contributed by atoms with Crippen LogP contribution in [0.1, 0.15) is 18.5 Å². The van der Waals surface area contributed by atoms with Crippen molar-refractivity contribution in [3.05, 3.63) is 64.7 Å². The number of imidazole rings is 1. The summed E-state index contributed by atoms with van der Waals surface area (Å²) in [6, 6.07) is 8.48. The molecule has 3 aromatic rings. The van der Waals surface area contributed by atoms with Gasteiger partial charge in [-0.3, -0.25) is 10.1 Å². The summed E-state index contributed by atoms with van der Waals surface area (Å²) in [5.41, 5.74) is 1.57. The maximum atomic E-state index is 11.7. The maximum Gasteiger partial charge on any atom is 0.304 e. The zero-order valence-electron chi connectivity index (χ0n) is 14.0. The van der Waals surface area contributed by atoms with Gasteiger partial charge in [0.25, 0.3) is 0 Å². The van der Waals surface area contributed by atoms with Crippen LogP contribution >= 0.6 is 11.3 Å². The van der Waals surface area contributed by atoms with Crippen molar-refractivity contribution in [3.8, 4) is 5.69 Å². The van der Waals surface area contributed by atoms with E-state index in [9.17, 15) is 18.5 Å². The summed E-state index contributed by atoms with van der Waals surface area (Å²) in [6.45, 7) is 1.86. The second-order valence-corrected chi connectivity index (χ2v) is 9.03. The Labute approximate surface area is 154 Å². The SMILES string of the molecule is CC(Nc1sc(S(C)(=O)=O)cc1[N+](=O)[O-])c1cccc(-n2ccnc2)c1. The molecule has 0 saturated carbocycles. The van der Waals surface area contributed by atoms with Gasteiger partial charge >= 0.3 is 5.69 Å². The topological polar surface area (TPSA) is 107 Å². The molecule has 8 nitrogen and oxygen atoms in total. The van der Waals surface area contributed by atoms with Crippen molar-refractivity contribution in [2.45, 2.75) is 17.2 Å². The van der Waals surface area contributed by atoms with Crippen molar-refractivity contribution >= 4 is 31.9 Å². The van der Waals surface area contributed by atoms with Crippen LogP contribution in [0, 0.1) is 10.1 Å². The highest BCUT2D eigenvalue weighted by Crippen LogP contribution is 2.39. The summed E-state index contributed by atoms with van der Waals surface area (Å²) in [7, 11) is -3.51. The van der Waals surface area contributed by atoms with Crippen LogP contribution in [-0.4, -0.2) is 29.1 Å². The van der Waals surface area contributed by atoms with E-state index in [1.54, 1.807) is 12.5 Å². The number of hydrogen-bond donors (Lipinski definition) is 1. The van der Waals surface area contributed by atoms with Crippen LogP contribution < -0.4 is 5.32 Å². The van der Waals surface area contributed by atoms with Crippen molar-refractivity contribution in [1.29, 1.82) is 0 Å². The molecule has 26 heavy (non-hydrogen) atoms. The van der Waals surface area contributed by atoms with E-state index in [0.29, 0.717) is 0 Å². The van der Waals surface area contributed by atoms with Gasteiger partial charge in [-0.05, 0) is 24.6 Å². The summed E-state index contributed by atoms with van der Waals surface area (Å²) >= 11 is 0.864. The summed E-state index contributed by atoms with van der Waals surface area (Å²) < 4.78 is 25.2. The average Bonchev–Trinajstić information content (AvgIpc) is 3.24. The number of hydrogen-bond acceptors (Lipinski definition) is 7. The third-order valence-corrected chi connectivity index (χ3v) is 6.63. The molecule has 0 aliphatic rings. The molecular formula is C16H16N4O4S2. The second kappa shape index (κ2) is 6.89. The fourth-order valence-corrected chi connectivity index (χ4v) is 4.45. The minimum atomic E-state index is -3.51. The van der Waals surface area contributed by atoms with Crippen LogP contribution in [-0.2, 0) is 9.84 Å². The second-order valence-electron chi connectivity index (χ2n) is 5.74. The van der Waals surface area contributed by atoms with Gasteiger partial charge in [0, 0.05) is 36.4 Å². The van der Waals surface area contributed by atoms with Gasteiger partial charge in [-0.25, -0.2) is 13.4 Å². The predicted octanol–water partition coefficient (Wildman–Crippen LogP) is 3.42. The van der Waals surface area contributed by atoms with Gasteiger partial charge in [0.1, 0.15) is 4.21 Å². The standard InChI is InChI=1S/C16H16N4O4S2/c1-11(12-4-3-5-13(8-12)19-7-6-17-10-19)18-16-14(20(21)22)9-15(25-16)26(2,23)24/h3-11,18H,1-2H3. The van der Waals surface area contributed by atoms with Gasteiger partial charge in [-0.2, -0.15) is 0 Å². The summed E-state index contributed by atoms with van der Waals surface area (Å²) in [5, 5.41) is 14.5. The Bertz CT molecular complexity index is 1040. The van der Waals surface area contributed by atoms with Gasteiger partial charge in [0.15, 0.2) is 14.8 Å². The Morgan fingerprint density at radius 3 is 2.73 bits per heavy atom. The van der Waals surface area contributed by atoms with Crippen molar-refractivity contribution in [1.82, 2.24) is 9.55 Å². The summed E-state index contributed by atoms with van der Waals surface area (Å²) in [6.07, 6.45) is 6.21. The number of aromatic nitrogens is 2. The van der Waals surface area contributed by atoms with Crippen LogP contribution in [0.3, 0.4) is 0 Å². The number of nitrogens with one attached hydrogen (secondary N) is 1. The van der Waals surface area contributed by atoms with E-state index in [1.807, 2.05) is 42.0 Å². The number of benzene rings is 1. The number of sulfone groups is 1. The highest BCUT2D eigenvalue weighted by atomic mass is 32.2. The van der Waals surface area contributed by atoms with Crippen molar-refractivity contribution in [2.24, 2.45) is 0 Å². The van der Waals surface area contributed by atoms with Gasteiger partial charge in [-0.1, -0.05) is 23.5 Å². The van der Waals surface area contributed by atoms with E-state index < -0.39 is 14.8 Å². The molecule has 1 N–H and O–H groups in total. The summed E-state index contributed by atoms with van der Waals surface area (Å²) in [5.74, 6) is 0. The van der Waals surface area contributed by atoms with Crippen molar-refractivity contribution < 1.29 is 13.3 Å². The lowest BCUT2D eigenvalue weighted by molar-refractivity contribution is -0.383. The third kappa shape index (κ3) is 3.75. The fraction of sp³-hybridized carbons (Fsp3) is 0.188. The maximum absolute atomic E-state index is 11.7. The lowest BCUT2D eigenvalue weighted by Crippen LogP contribution is -2.07. The third-order valence-electron chi connectivity index (χ3n) is 3.77. The van der Waals surface area contributed by atoms with Crippen LogP contribution in [0.25, 0.3) is 5.69 Å². The molecule has 0 aliphatic heterocycles. The Hall–Kier alpha value is -2.72.